The minimum absolute atomic E-state index is 0. The van der Waals surface area contributed by atoms with Crippen LogP contribution in [0.25, 0.3) is 0 Å². The number of hydrogen-bond donors (Lipinski definition) is 1. The van der Waals surface area contributed by atoms with Crippen molar-refractivity contribution in [3.8, 4) is 5.75 Å². The Bertz CT molecular complexity index is 627. The zero-order valence-electron chi connectivity index (χ0n) is 10.9. The minimum Gasteiger partial charge on any atom is -0.406 e. The summed E-state index contributed by atoms with van der Waals surface area (Å²) >= 11 is 0. The number of alkyl halides is 3. The predicted molar refractivity (Wildman–Crippen MR) is 74.7 cm³/mol. The Hall–Kier alpha value is -2.28. The second-order valence-corrected chi connectivity index (χ2v) is 4.03. The van der Waals surface area contributed by atoms with Gasteiger partial charge in [-0.05, 0) is 48.5 Å². The number of hydrogen-bond acceptors (Lipinski definition) is 2. The van der Waals surface area contributed by atoms with E-state index in [4.69, 9.17) is 0 Å². The Balaban J connectivity index is 0.00000242. The molecule has 2 aromatic carbocycles. The Morgan fingerprint density at radius 1 is 0.955 bits per heavy atom. The topological polar surface area (TPSA) is 38.3 Å². The van der Waals surface area contributed by atoms with Gasteiger partial charge in [0.25, 0.3) is 5.91 Å². The third kappa shape index (κ3) is 5.25. The SMILES string of the molecule is Cl.O=C(Nc1ccc(F)cc1)c1ccc(OC(F)(F)F)cc1. The van der Waals surface area contributed by atoms with Crippen molar-refractivity contribution < 1.29 is 27.1 Å². The molecular weight excluding hydrogens is 326 g/mol. The molecule has 2 aromatic rings. The van der Waals surface area contributed by atoms with Crippen LogP contribution in [0.5, 0.6) is 5.75 Å². The first-order chi connectivity index (χ1) is 9.83. The molecular formula is C14H10ClF4NO2. The molecule has 118 valence electrons. The fourth-order valence-corrected chi connectivity index (χ4v) is 1.54. The van der Waals surface area contributed by atoms with Gasteiger partial charge in [0.15, 0.2) is 0 Å². The second-order valence-electron chi connectivity index (χ2n) is 4.03. The van der Waals surface area contributed by atoms with Crippen molar-refractivity contribution in [2.24, 2.45) is 0 Å². The number of carbonyl (C=O) groups excluding carboxylic acids is 1. The first kappa shape index (κ1) is 17.8. The minimum atomic E-state index is -4.78. The highest BCUT2D eigenvalue weighted by Gasteiger charge is 2.31. The van der Waals surface area contributed by atoms with E-state index in [0.29, 0.717) is 5.69 Å². The average molecular weight is 336 g/mol. The average Bonchev–Trinajstić information content (AvgIpc) is 2.40. The monoisotopic (exact) mass is 335 g/mol. The molecule has 8 heteroatoms. The highest BCUT2D eigenvalue weighted by atomic mass is 35.5. The molecule has 1 N–H and O–H groups in total. The number of ether oxygens (including phenoxy) is 1. The highest BCUT2D eigenvalue weighted by molar-refractivity contribution is 6.04. The molecule has 0 aliphatic heterocycles. The van der Waals surface area contributed by atoms with Crippen molar-refractivity contribution in [1.29, 1.82) is 0 Å². The van der Waals surface area contributed by atoms with Gasteiger partial charge < -0.3 is 10.1 Å². The fraction of sp³-hybridized carbons (Fsp3) is 0.0714. The van der Waals surface area contributed by atoms with Gasteiger partial charge in [-0.3, -0.25) is 4.79 Å². The van der Waals surface area contributed by atoms with Crippen LogP contribution < -0.4 is 10.1 Å². The number of benzene rings is 2. The van der Waals surface area contributed by atoms with Gasteiger partial charge in [-0.25, -0.2) is 4.39 Å². The summed E-state index contributed by atoms with van der Waals surface area (Å²) in [4.78, 5) is 11.8. The molecule has 0 aromatic heterocycles. The third-order valence-electron chi connectivity index (χ3n) is 2.45. The van der Waals surface area contributed by atoms with Crippen LogP contribution in [-0.4, -0.2) is 12.3 Å². The van der Waals surface area contributed by atoms with Crippen molar-refractivity contribution in [2.75, 3.05) is 5.32 Å². The third-order valence-corrected chi connectivity index (χ3v) is 2.45. The van der Waals surface area contributed by atoms with Crippen molar-refractivity contribution in [3.05, 3.63) is 59.9 Å². The molecule has 0 aliphatic rings. The Morgan fingerprint density at radius 3 is 2.00 bits per heavy atom. The first-order valence-corrected chi connectivity index (χ1v) is 5.76. The number of rotatable bonds is 3. The van der Waals surface area contributed by atoms with Gasteiger partial charge in [-0.15, -0.1) is 25.6 Å². The molecule has 1 amide bonds. The molecule has 2 rings (SSSR count). The summed E-state index contributed by atoms with van der Waals surface area (Å²) < 4.78 is 52.4. The molecule has 0 heterocycles. The van der Waals surface area contributed by atoms with Crippen molar-refractivity contribution in [3.63, 3.8) is 0 Å². The molecule has 0 aliphatic carbocycles. The maximum Gasteiger partial charge on any atom is 0.573 e. The van der Waals surface area contributed by atoms with Crippen molar-refractivity contribution in [1.82, 2.24) is 0 Å². The van der Waals surface area contributed by atoms with Crippen LogP contribution >= 0.6 is 12.4 Å². The largest absolute Gasteiger partial charge is 0.573 e. The van der Waals surface area contributed by atoms with E-state index in [-0.39, 0.29) is 18.0 Å². The Morgan fingerprint density at radius 2 is 1.50 bits per heavy atom. The quantitative estimate of drug-likeness (QED) is 0.844. The lowest BCUT2D eigenvalue weighted by Crippen LogP contribution is -2.17. The summed E-state index contributed by atoms with van der Waals surface area (Å²) in [5, 5.41) is 2.48. The second kappa shape index (κ2) is 7.13. The zero-order chi connectivity index (χ0) is 15.5. The first-order valence-electron chi connectivity index (χ1n) is 5.76. The van der Waals surface area contributed by atoms with E-state index in [1.807, 2.05) is 0 Å². The van der Waals surface area contributed by atoms with Crippen LogP contribution in [-0.2, 0) is 0 Å². The molecule has 0 fully saturated rings. The summed E-state index contributed by atoms with van der Waals surface area (Å²) in [6.45, 7) is 0. The predicted octanol–water partition coefficient (Wildman–Crippen LogP) is 4.40. The van der Waals surface area contributed by atoms with Gasteiger partial charge in [0, 0.05) is 11.3 Å². The Labute approximate surface area is 129 Å². The summed E-state index contributed by atoms with van der Waals surface area (Å²) in [7, 11) is 0. The van der Waals surface area contributed by atoms with Crippen LogP contribution in [0.2, 0.25) is 0 Å². The maximum absolute atomic E-state index is 12.7. The summed E-state index contributed by atoms with van der Waals surface area (Å²) in [5.41, 5.74) is 0.519. The summed E-state index contributed by atoms with van der Waals surface area (Å²) in [6, 6.07) is 9.55. The molecule has 3 nitrogen and oxygen atoms in total. The Kier molecular flexibility index (Phi) is 5.76. The fourth-order valence-electron chi connectivity index (χ4n) is 1.54. The maximum atomic E-state index is 12.7. The van der Waals surface area contributed by atoms with Crippen LogP contribution in [0.3, 0.4) is 0 Å². The number of anilines is 1. The van der Waals surface area contributed by atoms with Crippen LogP contribution in [0.15, 0.2) is 48.5 Å². The summed E-state index contributed by atoms with van der Waals surface area (Å²) in [5.74, 6) is -1.39. The highest BCUT2D eigenvalue weighted by Crippen LogP contribution is 2.23. The van der Waals surface area contributed by atoms with Crippen LogP contribution in [0.1, 0.15) is 10.4 Å². The lowest BCUT2D eigenvalue weighted by Gasteiger charge is -2.09. The zero-order valence-corrected chi connectivity index (χ0v) is 11.7. The lowest BCUT2D eigenvalue weighted by molar-refractivity contribution is -0.274. The molecule has 0 atom stereocenters. The van der Waals surface area contributed by atoms with Crippen molar-refractivity contribution >= 4 is 24.0 Å². The van der Waals surface area contributed by atoms with E-state index in [1.54, 1.807) is 0 Å². The van der Waals surface area contributed by atoms with E-state index >= 15 is 0 Å². The van der Waals surface area contributed by atoms with E-state index in [1.165, 1.54) is 36.4 Å². The van der Waals surface area contributed by atoms with E-state index in [2.05, 4.69) is 10.1 Å². The van der Waals surface area contributed by atoms with Gasteiger partial charge in [-0.2, -0.15) is 0 Å². The van der Waals surface area contributed by atoms with Crippen molar-refractivity contribution in [2.45, 2.75) is 6.36 Å². The van der Waals surface area contributed by atoms with E-state index in [9.17, 15) is 22.4 Å². The van der Waals surface area contributed by atoms with Crippen LogP contribution in [0.4, 0.5) is 23.2 Å². The van der Waals surface area contributed by atoms with Gasteiger partial charge in [0.2, 0.25) is 0 Å². The number of halogens is 5. The number of nitrogens with one attached hydrogen (secondary N) is 1. The molecule has 0 radical (unpaired) electrons. The molecule has 0 spiro atoms. The van der Waals surface area contributed by atoms with Gasteiger partial charge >= 0.3 is 6.36 Å². The van der Waals surface area contributed by atoms with E-state index < -0.39 is 23.8 Å². The molecule has 0 bridgehead atoms. The summed E-state index contributed by atoms with van der Waals surface area (Å²) in [6.07, 6.45) is -4.78. The van der Waals surface area contributed by atoms with Gasteiger partial charge in [-0.1, -0.05) is 0 Å². The normalized spacial score (nSPS) is 10.5. The van der Waals surface area contributed by atoms with E-state index in [0.717, 1.165) is 12.1 Å². The number of carbonyl (C=O) groups is 1. The van der Waals surface area contributed by atoms with Crippen LogP contribution in [0, 0.1) is 5.82 Å². The molecule has 0 saturated carbocycles. The lowest BCUT2D eigenvalue weighted by atomic mass is 10.2. The number of amides is 1. The molecule has 0 saturated heterocycles. The molecule has 0 unspecified atom stereocenters. The van der Waals surface area contributed by atoms with Gasteiger partial charge in [0.1, 0.15) is 11.6 Å². The van der Waals surface area contributed by atoms with Gasteiger partial charge in [0.05, 0.1) is 0 Å². The standard InChI is InChI=1S/C14H9F4NO2.ClH/c15-10-3-5-11(6-4-10)19-13(20)9-1-7-12(8-2-9)21-14(16,17)18;/h1-8H,(H,19,20);1H. The smallest absolute Gasteiger partial charge is 0.406 e. The molecule has 22 heavy (non-hydrogen) atoms.